The summed E-state index contributed by atoms with van der Waals surface area (Å²) in [6.45, 7) is 2.00. The Bertz CT molecular complexity index is 1360. The van der Waals surface area contributed by atoms with Gasteiger partial charge in [-0.3, -0.25) is 0 Å². The van der Waals surface area contributed by atoms with E-state index in [1.807, 2.05) is 62.5 Å². The lowest BCUT2D eigenvalue weighted by molar-refractivity contribution is 0.886. The summed E-state index contributed by atoms with van der Waals surface area (Å²) >= 11 is 6.03. The molecular weight excluding hydrogens is 382 g/mol. The lowest BCUT2D eigenvalue weighted by atomic mass is 10.0. The second-order valence-electron chi connectivity index (χ2n) is 7.00. The summed E-state index contributed by atoms with van der Waals surface area (Å²) in [7, 11) is 2.02. The highest BCUT2D eigenvalue weighted by molar-refractivity contribution is 6.30. The fourth-order valence-corrected chi connectivity index (χ4v) is 3.68. The molecule has 29 heavy (non-hydrogen) atoms. The molecule has 0 spiro atoms. The van der Waals surface area contributed by atoms with Crippen molar-refractivity contribution in [1.29, 1.82) is 0 Å². The number of nitrogens with one attached hydrogen (secondary N) is 1. The Labute approximate surface area is 173 Å². The van der Waals surface area contributed by atoms with Crippen LogP contribution in [0.1, 0.15) is 5.82 Å². The van der Waals surface area contributed by atoms with Gasteiger partial charge in [-0.05, 0) is 37.3 Å². The molecule has 0 unspecified atom stereocenters. The molecule has 3 aromatic carbocycles. The van der Waals surface area contributed by atoms with Crippen LogP contribution in [0.2, 0.25) is 5.02 Å². The van der Waals surface area contributed by atoms with Crippen molar-refractivity contribution in [3.8, 4) is 11.3 Å². The molecule has 0 aliphatic heterocycles. The van der Waals surface area contributed by atoms with Crippen molar-refractivity contribution < 1.29 is 0 Å². The van der Waals surface area contributed by atoms with E-state index < -0.39 is 0 Å². The van der Waals surface area contributed by atoms with Crippen LogP contribution in [0.3, 0.4) is 0 Å². The number of imidazole rings is 1. The van der Waals surface area contributed by atoms with Gasteiger partial charge >= 0.3 is 0 Å². The molecule has 0 saturated carbocycles. The Hall–Kier alpha value is -3.44. The van der Waals surface area contributed by atoms with Crippen LogP contribution in [0.4, 0.5) is 11.5 Å². The molecule has 0 aliphatic rings. The summed E-state index contributed by atoms with van der Waals surface area (Å²) in [5.74, 6) is 1.69. The van der Waals surface area contributed by atoms with Crippen LogP contribution in [0.25, 0.3) is 33.1 Å². The maximum absolute atomic E-state index is 6.03. The number of rotatable bonds is 3. The van der Waals surface area contributed by atoms with Crippen LogP contribution in [-0.4, -0.2) is 19.7 Å². The zero-order valence-corrected chi connectivity index (χ0v) is 16.8. The molecule has 5 aromatic rings. The summed E-state index contributed by atoms with van der Waals surface area (Å²) in [5, 5.41) is 15.1. The van der Waals surface area contributed by atoms with E-state index >= 15 is 0 Å². The number of anilines is 2. The van der Waals surface area contributed by atoms with Gasteiger partial charge in [0.1, 0.15) is 11.5 Å². The molecular formula is C23H18ClN5. The first-order valence-electron chi connectivity index (χ1n) is 9.31. The summed E-state index contributed by atoms with van der Waals surface area (Å²) in [6.07, 6.45) is 0. The fourth-order valence-electron chi connectivity index (χ4n) is 3.55. The van der Waals surface area contributed by atoms with E-state index in [0.29, 0.717) is 10.8 Å². The highest BCUT2D eigenvalue weighted by Crippen LogP contribution is 2.32. The largest absolute Gasteiger partial charge is 0.338 e. The third-order valence-corrected chi connectivity index (χ3v) is 5.42. The van der Waals surface area contributed by atoms with E-state index in [4.69, 9.17) is 11.6 Å². The van der Waals surface area contributed by atoms with Crippen LogP contribution in [-0.2, 0) is 7.05 Å². The van der Waals surface area contributed by atoms with Crippen LogP contribution in [0.5, 0.6) is 0 Å². The van der Waals surface area contributed by atoms with Gasteiger partial charge in [0.25, 0.3) is 0 Å². The average molecular weight is 400 g/mol. The van der Waals surface area contributed by atoms with E-state index in [0.717, 1.165) is 44.6 Å². The highest BCUT2D eigenvalue weighted by Gasteiger charge is 2.12. The van der Waals surface area contributed by atoms with Gasteiger partial charge in [0.05, 0.1) is 11.0 Å². The van der Waals surface area contributed by atoms with Crippen LogP contribution < -0.4 is 5.32 Å². The van der Waals surface area contributed by atoms with Gasteiger partial charge in [0.2, 0.25) is 0 Å². The Morgan fingerprint density at radius 2 is 1.66 bits per heavy atom. The number of benzene rings is 3. The molecule has 1 N–H and O–H groups in total. The Morgan fingerprint density at radius 3 is 2.45 bits per heavy atom. The van der Waals surface area contributed by atoms with Crippen LogP contribution in [0, 0.1) is 6.92 Å². The lowest BCUT2D eigenvalue weighted by Gasteiger charge is -2.11. The number of hydrogen-bond acceptors (Lipinski definition) is 4. The maximum atomic E-state index is 6.03. The molecule has 0 atom stereocenters. The van der Waals surface area contributed by atoms with E-state index in [1.54, 1.807) is 0 Å². The third kappa shape index (κ3) is 3.09. The van der Waals surface area contributed by atoms with Crippen LogP contribution >= 0.6 is 11.6 Å². The monoisotopic (exact) mass is 399 g/mol. The molecule has 0 bridgehead atoms. The fraction of sp³-hybridized carbons (Fsp3) is 0.0870. The number of halogens is 1. The molecule has 5 rings (SSSR count). The summed E-state index contributed by atoms with van der Waals surface area (Å²) < 4.78 is 2.08. The first-order chi connectivity index (χ1) is 14.1. The van der Waals surface area contributed by atoms with Crippen molar-refractivity contribution in [2.45, 2.75) is 6.92 Å². The zero-order chi connectivity index (χ0) is 20.0. The second-order valence-corrected chi connectivity index (χ2v) is 7.43. The van der Waals surface area contributed by atoms with Crippen molar-refractivity contribution in [1.82, 2.24) is 19.7 Å². The minimum absolute atomic E-state index is 0.699. The molecule has 5 nitrogen and oxygen atoms in total. The highest BCUT2D eigenvalue weighted by atomic mass is 35.5. The second kappa shape index (κ2) is 6.87. The number of fused-ring (bicyclic) bond motifs is 2. The smallest absolute Gasteiger partial charge is 0.161 e. The SMILES string of the molecule is Cc1nc2cc(Nc3nnc(-c4ccc(Cl)cc4)c4ccccc34)ccc2n1C. The molecule has 0 fully saturated rings. The van der Waals surface area contributed by atoms with Gasteiger partial charge in [0.15, 0.2) is 5.82 Å². The van der Waals surface area contributed by atoms with E-state index in [2.05, 4.69) is 43.3 Å². The minimum Gasteiger partial charge on any atom is -0.338 e. The molecule has 0 radical (unpaired) electrons. The average Bonchev–Trinajstić information content (AvgIpc) is 3.02. The van der Waals surface area contributed by atoms with Crippen molar-refractivity contribution in [2.75, 3.05) is 5.32 Å². The maximum Gasteiger partial charge on any atom is 0.161 e. The summed E-state index contributed by atoms with van der Waals surface area (Å²) in [5.41, 5.74) is 4.79. The van der Waals surface area contributed by atoms with Gasteiger partial charge in [0, 0.05) is 34.1 Å². The standard InChI is InChI=1S/C23H18ClN5/c1-14-25-20-13-17(11-12-21(20)29(14)2)26-23-19-6-4-3-5-18(19)22(27-28-23)15-7-9-16(24)10-8-15/h3-13H,1-2H3,(H,26,28). The Morgan fingerprint density at radius 1 is 0.897 bits per heavy atom. The van der Waals surface area contributed by atoms with Gasteiger partial charge in [-0.15, -0.1) is 10.2 Å². The summed E-state index contributed by atoms with van der Waals surface area (Å²) in [6, 6.07) is 21.9. The molecule has 142 valence electrons. The summed E-state index contributed by atoms with van der Waals surface area (Å²) in [4.78, 5) is 4.61. The Kier molecular flexibility index (Phi) is 4.18. The molecule has 0 amide bonds. The molecule has 0 aliphatic carbocycles. The lowest BCUT2D eigenvalue weighted by Crippen LogP contribution is -1.99. The molecule has 6 heteroatoms. The normalized spacial score (nSPS) is 11.3. The van der Waals surface area contributed by atoms with Crippen molar-refractivity contribution in [3.05, 3.63) is 77.6 Å². The van der Waals surface area contributed by atoms with E-state index in [-0.39, 0.29) is 0 Å². The van der Waals surface area contributed by atoms with E-state index in [9.17, 15) is 0 Å². The third-order valence-electron chi connectivity index (χ3n) is 5.17. The quantitative estimate of drug-likeness (QED) is 0.411. The van der Waals surface area contributed by atoms with Crippen molar-refractivity contribution >= 4 is 44.9 Å². The molecule has 2 heterocycles. The van der Waals surface area contributed by atoms with Crippen LogP contribution in [0.15, 0.2) is 66.7 Å². The van der Waals surface area contributed by atoms with Gasteiger partial charge in [-0.2, -0.15) is 0 Å². The van der Waals surface area contributed by atoms with Crippen molar-refractivity contribution in [3.63, 3.8) is 0 Å². The minimum atomic E-state index is 0.699. The van der Waals surface area contributed by atoms with Crippen molar-refractivity contribution in [2.24, 2.45) is 7.05 Å². The number of aromatic nitrogens is 4. The topological polar surface area (TPSA) is 55.6 Å². The van der Waals surface area contributed by atoms with E-state index in [1.165, 1.54) is 0 Å². The molecule has 2 aromatic heterocycles. The first-order valence-corrected chi connectivity index (χ1v) is 9.69. The van der Waals surface area contributed by atoms with Gasteiger partial charge in [-0.25, -0.2) is 4.98 Å². The predicted octanol–water partition coefficient (Wildman–Crippen LogP) is 5.89. The van der Waals surface area contributed by atoms with Gasteiger partial charge in [-0.1, -0.05) is 48.0 Å². The molecule has 0 saturated heterocycles. The predicted molar refractivity (Wildman–Crippen MR) is 119 cm³/mol. The van der Waals surface area contributed by atoms with Gasteiger partial charge < -0.3 is 9.88 Å². The number of hydrogen-bond donors (Lipinski definition) is 1. The first kappa shape index (κ1) is 17.6. The zero-order valence-electron chi connectivity index (χ0n) is 16.0. The number of aryl methyl sites for hydroxylation is 2. The Balaban J connectivity index is 1.59. The number of nitrogens with zero attached hydrogens (tertiary/aromatic N) is 4.